The lowest BCUT2D eigenvalue weighted by atomic mass is 10.2. The van der Waals surface area contributed by atoms with E-state index < -0.39 is 18.0 Å². The summed E-state index contributed by atoms with van der Waals surface area (Å²) in [4.78, 5) is 10.5. The average molecular weight is 149 g/mol. The van der Waals surface area contributed by atoms with E-state index in [1.807, 2.05) is 0 Å². The van der Waals surface area contributed by atoms with Gasteiger partial charge in [0.15, 0.2) is 0 Å². The number of hydrogen-bond acceptors (Lipinski definition) is 3. The van der Waals surface area contributed by atoms with Crippen molar-refractivity contribution in [3.05, 3.63) is 11.1 Å². The number of rotatable bonds is 0. The second-order valence-corrected chi connectivity index (χ2v) is 2.22. The lowest BCUT2D eigenvalue weighted by Gasteiger charge is -2.01. The van der Waals surface area contributed by atoms with Crippen molar-refractivity contribution in [2.45, 2.75) is 12.2 Å². The maximum atomic E-state index is 10.5. The van der Waals surface area contributed by atoms with E-state index in [4.69, 9.17) is 21.8 Å². The van der Waals surface area contributed by atoms with Gasteiger partial charge in [-0.2, -0.15) is 0 Å². The molecule has 0 saturated heterocycles. The molecular weight excluding hydrogens is 144 g/mol. The minimum absolute atomic E-state index is 0.0880. The molecule has 0 aromatic heterocycles. The van der Waals surface area contributed by atoms with Crippen LogP contribution in [0.25, 0.3) is 0 Å². The Morgan fingerprint density at radius 2 is 2.11 bits per heavy atom. The van der Waals surface area contributed by atoms with Crippen LogP contribution in [-0.2, 0) is 4.79 Å². The van der Waals surface area contributed by atoms with Crippen LogP contribution in [0.15, 0.2) is 11.1 Å². The number of hydrogen-bond donors (Lipinski definition) is 2. The number of carbonyl (C=O) groups excluding carboxylic acids is 1. The molecule has 0 amide bonds. The normalized spacial score (nSPS) is 35.0. The smallest absolute Gasteiger partial charge is 0.205 e. The Balaban J connectivity index is 2.82. The molecule has 1 aliphatic rings. The molecule has 1 rings (SSSR count). The molecule has 0 radical (unpaired) electrons. The fourth-order valence-corrected chi connectivity index (χ4v) is 0.860. The van der Waals surface area contributed by atoms with Crippen LogP contribution in [0.3, 0.4) is 0 Å². The molecule has 3 nitrogen and oxygen atoms in total. The first-order chi connectivity index (χ1) is 4.13. The monoisotopic (exact) mass is 148 g/mol. The van der Waals surface area contributed by atoms with Gasteiger partial charge >= 0.3 is 0 Å². The first-order valence-electron chi connectivity index (χ1n) is 2.40. The van der Waals surface area contributed by atoms with Gasteiger partial charge in [-0.15, -0.1) is 0 Å². The lowest BCUT2D eigenvalue weighted by molar-refractivity contribution is -0.124. The summed E-state index contributed by atoms with van der Waals surface area (Å²) in [6, 6.07) is 0. The Kier molecular flexibility index (Phi) is 1.57. The summed E-state index contributed by atoms with van der Waals surface area (Å²) in [7, 11) is 0. The van der Waals surface area contributed by atoms with E-state index in [-0.39, 0.29) is 5.03 Å². The minimum atomic E-state index is -1.35. The Morgan fingerprint density at radius 1 is 1.56 bits per heavy atom. The Morgan fingerprint density at radius 3 is 2.22 bits per heavy atom. The molecule has 0 aromatic rings. The van der Waals surface area contributed by atoms with E-state index in [1.54, 1.807) is 0 Å². The van der Waals surface area contributed by atoms with Gasteiger partial charge < -0.3 is 10.2 Å². The van der Waals surface area contributed by atoms with E-state index in [9.17, 15) is 4.79 Å². The third-order valence-electron chi connectivity index (χ3n) is 1.14. The molecule has 0 fully saturated rings. The Bertz CT molecular complexity index is 175. The van der Waals surface area contributed by atoms with Crippen molar-refractivity contribution in [3.8, 4) is 0 Å². The Hall–Kier alpha value is -0.380. The molecule has 1 aliphatic carbocycles. The fourth-order valence-electron chi connectivity index (χ4n) is 0.620. The topological polar surface area (TPSA) is 57.5 Å². The van der Waals surface area contributed by atoms with Gasteiger partial charge in [0.05, 0.1) is 5.03 Å². The highest BCUT2D eigenvalue weighted by Crippen LogP contribution is 2.17. The molecule has 9 heavy (non-hydrogen) atoms. The SMILES string of the molecule is O=C1C(Cl)=CC(O)C1O. The number of halogens is 1. The van der Waals surface area contributed by atoms with Gasteiger partial charge in [0.1, 0.15) is 12.2 Å². The van der Waals surface area contributed by atoms with Gasteiger partial charge in [0.25, 0.3) is 0 Å². The second kappa shape index (κ2) is 2.10. The Labute approximate surface area is 56.6 Å². The van der Waals surface area contributed by atoms with E-state index >= 15 is 0 Å². The summed E-state index contributed by atoms with van der Waals surface area (Å²) in [5.41, 5.74) is 0. The fraction of sp³-hybridized carbons (Fsp3) is 0.400. The minimum Gasteiger partial charge on any atom is -0.386 e. The molecule has 0 spiro atoms. The van der Waals surface area contributed by atoms with Gasteiger partial charge in [-0.25, -0.2) is 0 Å². The largest absolute Gasteiger partial charge is 0.386 e. The predicted octanol–water partition coefficient (Wildman–Crippen LogP) is -0.586. The highest BCUT2D eigenvalue weighted by molar-refractivity contribution is 6.44. The molecule has 0 aromatic carbocycles. The van der Waals surface area contributed by atoms with Crippen LogP contribution >= 0.6 is 11.6 Å². The zero-order valence-corrected chi connectivity index (χ0v) is 5.17. The van der Waals surface area contributed by atoms with E-state index in [0.717, 1.165) is 6.08 Å². The first kappa shape index (κ1) is 6.74. The average Bonchev–Trinajstić information content (AvgIpc) is 1.98. The highest BCUT2D eigenvalue weighted by atomic mass is 35.5. The molecule has 0 saturated carbocycles. The molecule has 0 aliphatic heterocycles. The molecule has 0 bridgehead atoms. The summed E-state index contributed by atoms with van der Waals surface area (Å²) in [6.07, 6.45) is -1.35. The van der Waals surface area contributed by atoms with Crippen LogP contribution in [0.5, 0.6) is 0 Å². The van der Waals surface area contributed by atoms with Crippen molar-refractivity contribution >= 4 is 17.4 Å². The number of aliphatic hydroxyl groups excluding tert-OH is 2. The predicted molar refractivity (Wildman–Crippen MR) is 31.0 cm³/mol. The van der Waals surface area contributed by atoms with Crippen LogP contribution in [0.4, 0.5) is 0 Å². The van der Waals surface area contributed by atoms with Crippen molar-refractivity contribution in [3.63, 3.8) is 0 Å². The van der Waals surface area contributed by atoms with Crippen molar-refractivity contribution < 1.29 is 15.0 Å². The van der Waals surface area contributed by atoms with Gasteiger partial charge in [0, 0.05) is 0 Å². The summed E-state index contributed by atoms with van der Waals surface area (Å²) in [5, 5.41) is 17.3. The first-order valence-corrected chi connectivity index (χ1v) is 2.78. The summed E-state index contributed by atoms with van der Waals surface area (Å²) in [6.45, 7) is 0. The summed E-state index contributed by atoms with van der Waals surface area (Å²) >= 11 is 5.24. The third-order valence-corrected chi connectivity index (χ3v) is 1.46. The van der Waals surface area contributed by atoms with Crippen molar-refractivity contribution in [1.29, 1.82) is 0 Å². The standard InChI is InChI=1S/C5H5ClO3/c6-2-1-3(7)5(9)4(2)8/h1,3,5,7,9H. The van der Waals surface area contributed by atoms with Crippen molar-refractivity contribution in [2.24, 2.45) is 0 Å². The van der Waals surface area contributed by atoms with Gasteiger partial charge in [-0.3, -0.25) is 4.79 Å². The lowest BCUT2D eigenvalue weighted by Crippen LogP contribution is -2.26. The van der Waals surface area contributed by atoms with E-state index in [0.29, 0.717) is 0 Å². The highest BCUT2D eigenvalue weighted by Gasteiger charge is 2.31. The quantitative estimate of drug-likeness (QED) is 0.483. The molecule has 2 N–H and O–H groups in total. The number of ketones is 1. The van der Waals surface area contributed by atoms with Crippen molar-refractivity contribution in [2.75, 3.05) is 0 Å². The van der Waals surface area contributed by atoms with Gasteiger partial charge in [-0.05, 0) is 6.08 Å². The zero-order chi connectivity index (χ0) is 7.02. The maximum Gasteiger partial charge on any atom is 0.205 e. The summed E-state index contributed by atoms with van der Waals surface area (Å²) < 4.78 is 0. The third kappa shape index (κ3) is 0.986. The number of Topliss-reactive ketones (excluding diaryl/α,β-unsaturated/α-hetero) is 1. The molecular formula is C5H5ClO3. The molecule has 0 heterocycles. The van der Waals surface area contributed by atoms with Crippen LogP contribution < -0.4 is 0 Å². The van der Waals surface area contributed by atoms with Crippen LogP contribution in [0, 0.1) is 0 Å². The molecule has 2 unspecified atom stereocenters. The van der Waals surface area contributed by atoms with Crippen LogP contribution in [0.2, 0.25) is 0 Å². The molecule has 2 atom stereocenters. The summed E-state index contributed by atoms with van der Waals surface area (Å²) in [5.74, 6) is -0.607. The molecule has 50 valence electrons. The van der Waals surface area contributed by atoms with Crippen LogP contribution in [0.1, 0.15) is 0 Å². The number of carbonyl (C=O) groups is 1. The van der Waals surface area contributed by atoms with Crippen molar-refractivity contribution in [1.82, 2.24) is 0 Å². The maximum absolute atomic E-state index is 10.5. The van der Waals surface area contributed by atoms with Gasteiger partial charge in [-0.1, -0.05) is 11.6 Å². The second-order valence-electron chi connectivity index (χ2n) is 1.81. The van der Waals surface area contributed by atoms with E-state index in [1.165, 1.54) is 0 Å². The van der Waals surface area contributed by atoms with Gasteiger partial charge in [0.2, 0.25) is 5.78 Å². The number of aliphatic hydroxyl groups is 2. The molecule has 4 heteroatoms. The van der Waals surface area contributed by atoms with Crippen LogP contribution in [-0.4, -0.2) is 28.2 Å². The van der Waals surface area contributed by atoms with E-state index in [2.05, 4.69) is 0 Å². The zero-order valence-electron chi connectivity index (χ0n) is 4.41.